The summed E-state index contributed by atoms with van der Waals surface area (Å²) >= 11 is 3.44. The summed E-state index contributed by atoms with van der Waals surface area (Å²) in [5.74, 6) is -1.99. The first kappa shape index (κ1) is 16.9. The quantitative estimate of drug-likeness (QED) is 0.819. The molecule has 3 nitrogen and oxygen atoms in total. The number of carbonyl (C=O) groups excluding carboxylic acids is 1. The van der Waals surface area contributed by atoms with E-state index in [2.05, 4.69) is 21.2 Å². The average molecular weight is 396 g/mol. The lowest BCUT2D eigenvalue weighted by Gasteiger charge is -2.43. The van der Waals surface area contributed by atoms with Crippen molar-refractivity contribution >= 4 is 21.8 Å². The van der Waals surface area contributed by atoms with Gasteiger partial charge in [-0.15, -0.1) is 0 Å². The zero-order valence-electron chi connectivity index (χ0n) is 12.8. The molecule has 24 heavy (non-hydrogen) atoms. The Morgan fingerprint density at radius 1 is 1.21 bits per heavy atom. The van der Waals surface area contributed by atoms with E-state index >= 15 is 0 Å². The van der Waals surface area contributed by atoms with Crippen LogP contribution in [0.2, 0.25) is 0 Å². The summed E-state index contributed by atoms with van der Waals surface area (Å²) in [5.41, 5.74) is 0.635. The molecule has 1 fully saturated rings. The summed E-state index contributed by atoms with van der Waals surface area (Å²) in [4.78, 5) is 12.2. The maximum Gasteiger partial charge on any atom is 0.258 e. The molecule has 2 aromatic rings. The smallest absolute Gasteiger partial charge is 0.258 e. The van der Waals surface area contributed by atoms with Crippen molar-refractivity contribution in [2.45, 2.75) is 24.8 Å². The van der Waals surface area contributed by atoms with E-state index < -0.39 is 17.2 Å². The van der Waals surface area contributed by atoms with Crippen LogP contribution < -0.4 is 10.1 Å². The Bertz CT molecular complexity index is 762. The van der Waals surface area contributed by atoms with Gasteiger partial charge in [0.1, 0.15) is 5.82 Å². The molecule has 0 unspecified atom stereocenters. The maximum absolute atomic E-state index is 13.5. The average Bonchev–Trinajstić information content (AvgIpc) is 2.50. The van der Waals surface area contributed by atoms with Gasteiger partial charge in [0.25, 0.3) is 5.91 Å². The van der Waals surface area contributed by atoms with Crippen molar-refractivity contribution in [1.82, 2.24) is 5.32 Å². The molecule has 0 heterocycles. The molecular formula is C18H16BrF2NO2. The van der Waals surface area contributed by atoms with Crippen LogP contribution >= 0.6 is 15.9 Å². The molecule has 0 saturated heterocycles. The van der Waals surface area contributed by atoms with Gasteiger partial charge in [-0.05, 0) is 49.1 Å². The normalized spacial score (nSPS) is 15.5. The van der Waals surface area contributed by atoms with Crippen molar-refractivity contribution < 1.29 is 18.3 Å². The SMILES string of the molecule is O=C(COc1ccc(F)cc1F)NC1(c2cccc(Br)c2)CCC1. The van der Waals surface area contributed by atoms with E-state index in [4.69, 9.17) is 4.74 Å². The number of hydrogen-bond acceptors (Lipinski definition) is 2. The van der Waals surface area contributed by atoms with E-state index in [0.717, 1.165) is 41.4 Å². The molecule has 6 heteroatoms. The molecule has 3 rings (SSSR count). The fourth-order valence-corrected chi connectivity index (χ4v) is 3.24. The van der Waals surface area contributed by atoms with Crippen LogP contribution in [0, 0.1) is 11.6 Å². The lowest BCUT2D eigenvalue weighted by Crippen LogP contribution is -2.52. The lowest BCUT2D eigenvalue weighted by atomic mass is 9.72. The largest absolute Gasteiger partial charge is 0.481 e. The number of rotatable bonds is 5. The van der Waals surface area contributed by atoms with E-state index in [0.29, 0.717) is 0 Å². The van der Waals surface area contributed by atoms with Crippen molar-refractivity contribution in [2.75, 3.05) is 6.61 Å². The number of nitrogens with one attached hydrogen (secondary N) is 1. The van der Waals surface area contributed by atoms with Crippen LogP contribution in [0.4, 0.5) is 8.78 Å². The summed E-state index contributed by atoms with van der Waals surface area (Å²) in [6.07, 6.45) is 2.72. The third-order valence-corrected chi connectivity index (χ3v) is 4.71. The van der Waals surface area contributed by atoms with Gasteiger partial charge < -0.3 is 10.1 Å². The van der Waals surface area contributed by atoms with Gasteiger partial charge in [0.05, 0.1) is 5.54 Å². The fraction of sp³-hybridized carbons (Fsp3) is 0.278. The first-order chi connectivity index (χ1) is 11.5. The highest BCUT2D eigenvalue weighted by Gasteiger charge is 2.40. The highest BCUT2D eigenvalue weighted by Crippen LogP contribution is 2.41. The van der Waals surface area contributed by atoms with E-state index in [-0.39, 0.29) is 18.3 Å². The van der Waals surface area contributed by atoms with Crippen LogP contribution in [-0.4, -0.2) is 12.5 Å². The molecule has 126 valence electrons. The topological polar surface area (TPSA) is 38.3 Å². The number of carbonyl (C=O) groups is 1. The van der Waals surface area contributed by atoms with Gasteiger partial charge in [-0.2, -0.15) is 0 Å². The van der Waals surface area contributed by atoms with E-state index in [9.17, 15) is 13.6 Å². The Hall–Kier alpha value is -1.95. The predicted molar refractivity (Wildman–Crippen MR) is 89.7 cm³/mol. The number of hydrogen-bond donors (Lipinski definition) is 1. The monoisotopic (exact) mass is 395 g/mol. The first-order valence-electron chi connectivity index (χ1n) is 7.63. The number of halogens is 3. The fourth-order valence-electron chi connectivity index (χ4n) is 2.84. The molecule has 1 amide bonds. The van der Waals surface area contributed by atoms with Gasteiger partial charge in [0.2, 0.25) is 0 Å². The molecular weight excluding hydrogens is 380 g/mol. The molecule has 0 radical (unpaired) electrons. The zero-order valence-corrected chi connectivity index (χ0v) is 14.4. The molecule has 1 N–H and O–H groups in total. The Morgan fingerprint density at radius 3 is 2.62 bits per heavy atom. The summed E-state index contributed by atoms with van der Waals surface area (Å²) in [6.45, 7) is -0.321. The minimum atomic E-state index is -0.826. The predicted octanol–water partition coefficient (Wildman–Crippen LogP) is 4.30. The lowest BCUT2D eigenvalue weighted by molar-refractivity contribution is -0.126. The van der Waals surface area contributed by atoms with Crippen molar-refractivity contribution in [3.63, 3.8) is 0 Å². The standard InChI is InChI=1S/C18H16BrF2NO2/c19-13-4-1-3-12(9-13)18(7-2-8-18)22-17(23)11-24-16-6-5-14(20)10-15(16)21/h1,3-6,9-10H,2,7-8,11H2,(H,22,23). The van der Waals surface area contributed by atoms with Gasteiger partial charge in [-0.25, -0.2) is 8.78 Å². The van der Waals surface area contributed by atoms with Crippen LogP contribution in [0.15, 0.2) is 46.9 Å². The van der Waals surface area contributed by atoms with E-state index in [1.807, 2.05) is 24.3 Å². The van der Waals surface area contributed by atoms with Crippen LogP contribution in [0.25, 0.3) is 0 Å². The van der Waals surface area contributed by atoms with Crippen molar-refractivity contribution in [1.29, 1.82) is 0 Å². The first-order valence-corrected chi connectivity index (χ1v) is 8.43. The van der Waals surface area contributed by atoms with E-state index in [1.165, 1.54) is 6.07 Å². The zero-order chi connectivity index (χ0) is 17.2. The van der Waals surface area contributed by atoms with Gasteiger partial charge in [-0.3, -0.25) is 4.79 Å². The summed E-state index contributed by atoms with van der Waals surface area (Å²) in [6, 6.07) is 10.8. The third kappa shape index (κ3) is 3.59. The number of benzene rings is 2. The van der Waals surface area contributed by atoms with Crippen molar-refractivity contribution in [3.8, 4) is 5.75 Å². The minimum Gasteiger partial charge on any atom is -0.481 e. The highest BCUT2D eigenvalue weighted by atomic mass is 79.9. The minimum absolute atomic E-state index is 0.142. The second-order valence-electron chi connectivity index (χ2n) is 5.86. The Kier molecular flexibility index (Phi) is 4.85. The number of amides is 1. The number of ether oxygens (including phenoxy) is 1. The van der Waals surface area contributed by atoms with Crippen molar-refractivity contribution in [2.24, 2.45) is 0 Å². The van der Waals surface area contributed by atoms with Crippen LogP contribution in [0.5, 0.6) is 5.75 Å². The van der Waals surface area contributed by atoms with Crippen LogP contribution in [0.3, 0.4) is 0 Å². The maximum atomic E-state index is 13.5. The molecule has 0 aliphatic heterocycles. The third-order valence-electron chi connectivity index (χ3n) is 4.22. The highest BCUT2D eigenvalue weighted by molar-refractivity contribution is 9.10. The molecule has 0 atom stereocenters. The van der Waals surface area contributed by atoms with Gasteiger partial charge >= 0.3 is 0 Å². The molecule has 1 saturated carbocycles. The molecule has 2 aromatic carbocycles. The second kappa shape index (κ2) is 6.89. The van der Waals surface area contributed by atoms with E-state index in [1.54, 1.807) is 0 Å². The Labute approximate surface area is 147 Å². The molecule has 0 bridgehead atoms. The molecule has 0 aromatic heterocycles. The summed E-state index contributed by atoms with van der Waals surface area (Å²) in [5, 5.41) is 2.99. The van der Waals surface area contributed by atoms with Gasteiger partial charge in [-0.1, -0.05) is 28.1 Å². The molecule has 0 spiro atoms. The molecule has 1 aliphatic rings. The van der Waals surface area contributed by atoms with Crippen LogP contribution in [0.1, 0.15) is 24.8 Å². The second-order valence-corrected chi connectivity index (χ2v) is 6.77. The Morgan fingerprint density at radius 2 is 2.00 bits per heavy atom. The van der Waals surface area contributed by atoms with Crippen LogP contribution in [-0.2, 0) is 10.3 Å². The van der Waals surface area contributed by atoms with Gasteiger partial charge in [0, 0.05) is 10.5 Å². The molecule has 1 aliphatic carbocycles. The van der Waals surface area contributed by atoms with Crippen molar-refractivity contribution in [3.05, 3.63) is 64.1 Å². The summed E-state index contributed by atoms with van der Waals surface area (Å²) < 4.78 is 32.5. The van der Waals surface area contributed by atoms with Gasteiger partial charge in [0.15, 0.2) is 18.2 Å². The Balaban J connectivity index is 1.65. The summed E-state index contributed by atoms with van der Waals surface area (Å²) in [7, 11) is 0.